The van der Waals surface area contributed by atoms with Gasteiger partial charge < -0.3 is 10.4 Å². The van der Waals surface area contributed by atoms with Gasteiger partial charge in [0.1, 0.15) is 11.9 Å². The topological polar surface area (TPSA) is 69.6 Å². The number of benzene rings is 2. The summed E-state index contributed by atoms with van der Waals surface area (Å²) in [6.07, 6.45) is 0.619. The molecule has 1 heterocycles. The highest BCUT2D eigenvalue weighted by atomic mass is 19.1. The summed E-state index contributed by atoms with van der Waals surface area (Å²) >= 11 is 0. The molecule has 2 aromatic carbocycles. The summed E-state index contributed by atoms with van der Waals surface area (Å²) in [6.45, 7) is 0.0784. The molecule has 2 amide bonds. The summed E-state index contributed by atoms with van der Waals surface area (Å²) in [7, 11) is 0. The second-order valence-corrected chi connectivity index (χ2v) is 5.62. The maximum atomic E-state index is 13.0. The summed E-state index contributed by atoms with van der Waals surface area (Å²) in [5.41, 5.74) is 2.09. The molecule has 0 bridgehead atoms. The first-order valence-electron chi connectivity index (χ1n) is 7.67. The third kappa shape index (κ3) is 3.28. The van der Waals surface area contributed by atoms with Crippen molar-refractivity contribution in [3.8, 4) is 0 Å². The van der Waals surface area contributed by atoms with Gasteiger partial charge >= 0.3 is 0 Å². The molecule has 1 saturated heterocycles. The molecular weight excluding hydrogens is 311 g/mol. The van der Waals surface area contributed by atoms with Crippen LogP contribution in [0.15, 0.2) is 48.5 Å². The Bertz CT molecular complexity index is 744. The average Bonchev–Trinajstić information content (AvgIpc) is 2.85. The summed E-state index contributed by atoms with van der Waals surface area (Å²) in [5, 5.41) is 12.0. The van der Waals surface area contributed by atoms with Gasteiger partial charge in [-0.05, 0) is 48.4 Å². The predicted molar refractivity (Wildman–Crippen MR) is 88.2 cm³/mol. The minimum absolute atomic E-state index is 0.0502. The zero-order chi connectivity index (χ0) is 17.1. The van der Waals surface area contributed by atoms with E-state index in [1.807, 2.05) is 24.3 Å². The number of anilines is 2. The number of halogens is 1. The van der Waals surface area contributed by atoms with Crippen LogP contribution in [0.3, 0.4) is 0 Å². The standard InChI is InChI=1S/C18H17FN2O3/c19-13-3-7-15(8-4-13)21-17(23)11-16(18(21)24)20-14-5-1-12(2-6-14)9-10-22/h1-8,16,20,22H,9-11H2/t16-/m0/s1. The van der Waals surface area contributed by atoms with Crippen molar-refractivity contribution in [3.63, 3.8) is 0 Å². The van der Waals surface area contributed by atoms with E-state index in [-0.39, 0.29) is 24.8 Å². The highest BCUT2D eigenvalue weighted by Crippen LogP contribution is 2.25. The van der Waals surface area contributed by atoms with Gasteiger partial charge in [-0.3, -0.25) is 9.59 Å². The van der Waals surface area contributed by atoms with Crippen molar-refractivity contribution in [2.45, 2.75) is 18.9 Å². The molecule has 0 aromatic heterocycles. The first kappa shape index (κ1) is 16.1. The summed E-state index contributed by atoms with van der Waals surface area (Å²) in [5.74, 6) is -1.09. The smallest absolute Gasteiger partial charge is 0.256 e. The van der Waals surface area contributed by atoms with Crippen molar-refractivity contribution in [3.05, 3.63) is 59.9 Å². The second-order valence-electron chi connectivity index (χ2n) is 5.62. The normalized spacial score (nSPS) is 17.4. The van der Waals surface area contributed by atoms with Gasteiger partial charge in [0.2, 0.25) is 5.91 Å². The molecule has 1 aliphatic heterocycles. The second kappa shape index (κ2) is 6.80. The number of nitrogens with zero attached hydrogens (tertiary/aromatic N) is 1. The van der Waals surface area contributed by atoms with Gasteiger partial charge in [0.25, 0.3) is 5.91 Å². The number of nitrogens with one attached hydrogen (secondary N) is 1. The van der Waals surface area contributed by atoms with Crippen molar-refractivity contribution in [1.29, 1.82) is 0 Å². The van der Waals surface area contributed by atoms with Crippen LogP contribution in [0.1, 0.15) is 12.0 Å². The zero-order valence-corrected chi connectivity index (χ0v) is 12.9. The minimum atomic E-state index is -0.647. The van der Waals surface area contributed by atoms with Gasteiger partial charge in [-0.2, -0.15) is 0 Å². The Morgan fingerprint density at radius 1 is 1.08 bits per heavy atom. The molecule has 24 heavy (non-hydrogen) atoms. The number of aliphatic hydroxyl groups excluding tert-OH is 1. The summed E-state index contributed by atoms with van der Waals surface area (Å²) in [4.78, 5) is 25.7. The highest BCUT2D eigenvalue weighted by molar-refractivity contribution is 6.23. The molecule has 1 fully saturated rings. The fraction of sp³-hybridized carbons (Fsp3) is 0.222. The minimum Gasteiger partial charge on any atom is -0.396 e. The van der Waals surface area contributed by atoms with E-state index >= 15 is 0 Å². The number of rotatable bonds is 5. The Hall–Kier alpha value is -2.73. The molecule has 5 nitrogen and oxygen atoms in total. The maximum absolute atomic E-state index is 13.0. The SMILES string of the molecule is O=C1C[C@H](Nc2ccc(CCO)cc2)C(=O)N1c1ccc(F)cc1. The number of aliphatic hydroxyl groups is 1. The first-order chi connectivity index (χ1) is 11.6. The summed E-state index contributed by atoms with van der Waals surface area (Å²) < 4.78 is 13.0. The van der Waals surface area contributed by atoms with Gasteiger partial charge in [-0.1, -0.05) is 12.1 Å². The van der Waals surface area contributed by atoms with E-state index in [2.05, 4.69) is 5.32 Å². The molecule has 0 unspecified atom stereocenters. The van der Waals surface area contributed by atoms with Crippen molar-refractivity contribution in [1.82, 2.24) is 0 Å². The molecule has 3 rings (SSSR count). The first-order valence-corrected chi connectivity index (χ1v) is 7.67. The van der Waals surface area contributed by atoms with Crippen LogP contribution in [0.5, 0.6) is 0 Å². The van der Waals surface area contributed by atoms with Crippen LogP contribution in [-0.2, 0) is 16.0 Å². The van der Waals surface area contributed by atoms with Gasteiger partial charge in [-0.25, -0.2) is 9.29 Å². The van der Waals surface area contributed by atoms with E-state index < -0.39 is 11.9 Å². The van der Waals surface area contributed by atoms with Crippen LogP contribution >= 0.6 is 0 Å². The van der Waals surface area contributed by atoms with Gasteiger partial charge in [-0.15, -0.1) is 0 Å². The van der Waals surface area contributed by atoms with Gasteiger partial charge in [0.15, 0.2) is 0 Å². The Kier molecular flexibility index (Phi) is 4.57. The molecule has 124 valence electrons. The van der Waals surface area contributed by atoms with E-state index in [0.29, 0.717) is 12.1 Å². The van der Waals surface area contributed by atoms with Crippen LogP contribution < -0.4 is 10.2 Å². The quantitative estimate of drug-likeness (QED) is 0.825. The lowest BCUT2D eigenvalue weighted by atomic mass is 10.1. The van der Waals surface area contributed by atoms with Crippen molar-refractivity contribution in [2.24, 2.45) is 0 Å². The van der Waals surface area contributed by atoms with Crippen LogP contribution in [0.2, 0.25) is 0 Å². The Morgan fingerprint density at radius 3 is 2.38 bits per heavy atom. The highest BCUT2D eigenvalue weighted by Gasteiger charge is 2.39. The van der Waals surface area contributed by atoms with Gasteiger partial charge in [0, 0.05) is 12.3 Å². The fourth-order valence-electron chi connectivity index (χ4n) is 2.70. The Balaban J connectivity index is 1.72. The van der Waals surface area contributed by atoms with Crippen LogP contribution in [-0.4, -0.2) is 29.6 Å². The number of carbonyl (C=O) groups excluding carboxylic acids is 2. The lowest BCUT2D eigenvalue weighted by molar-refractivity contribution is -0.121. The van der Waals surface area contributed by atoms with Crippen molar-refractivity contribution >= 4 is 23.2 Å². The molecule has 6 heteroatoms. The largest absolute Gasteiger partial charge is 0.396 e. The Labute approximate surface area is 138 Å². The van der Waals surface area contributed by atoms with Crippen molar-refractivity contribution < 1.29 is 19.1 Å². The number of imide groups is 1. The molecule has 0 radical (unpaired) electrons. The van der Waals surface area contributed by atoms with E-state index in [1.54, 1.807) is 0 Å². The van der Waals surface area contributed by atoms with E-state index in [4.69, 9.17) is 5.11 Å². The fourth-order valence-corrected chi connectivity index (χ4v) is 2.70. The summed E-state index contributed by atoms with van der Waals surface area (Å²) in [6, 6.07) is 12.0. The van der Waals surface area contributed by atoms with Gasteiger partial charge in [0.05, 0.1) is 12.1 Å². The maximum Gasteiger partial charge on any atom is 0.256 e. The van der Waals surface area contributed by atoms with Crippen LogP contribution in [0, 0.1) is 5.82 Å². The lowest BCUT2D eigenvalue weighted by Crippen LogP contribution is -2.34. The molecule has 0 spiro atoms. The molecular formula is C18H17FN2O3. The lowest BCUT2D eigenvalue weighted by Gasteiger charge is -2.16. The number of carbonyl (C=O) groups is 2. The van der Waals surface area contributed by atoms with Crippen LogP contribution in [0.4, 0.5) is 15.8 Å². The zero-order valence-electron chi connectivity index (χ0n) is 12.9. The molecule has 2 N–H and O–H groups in total. The third-order valence-electron chi connectivity index (χ3n) is 3.93. The molecule has 2 aromatic rings. The molecule has 1 aliphatic rings. The number of amides is 2. The van der Waals surface area contributed by atoms with Crippen LogP contribution in [0.25, 0.3) is 0 Å². The monoisotopic (exact) mass is 328 g/mol. The van der Waals surface area contributed by atoms with E-state index in [9.17, 15) is 14.0 Å². The number of hydrogen-bond acceptors (Lipinski definition) is 4. The molecule has 0 aliphatic carbocycles. The number of hydrogen-bond donors (Lipinski definition) is 2. The predicted octanol–water partition coefficient (Wildman–Crippen LogP) is 2.10. The van der Waals surface area contributed by atoms with Crippen molar-refractivity contribution in [2.75, 3.05) is 16.8 Å². The average molecular weight is 328 g/mol. The van der Waals surface area contributed by atoms with E-state index in [0.717, 1.165) is 16.2 Å². The molecule has 1 atom stereocenters. The third-order valence-corrected chi connectivity index (χ3v) is 3.93. The Morgan fingerprint density at radius 2 is 1.75 bits per heavy atom. The van der Waals surface area contributed by atoms with E-state index in [1.165, 1.54) is 24.3 Å². The molecule has 0 saturated carbocycles.